The summed E-state index contributed by atoms with van der Waals surface area (Å²) in [5.41, 5.74) is 15.9. The van der Waals surface area contributed by atoms with Gasteiger partial charge in [0.15, 0.2) is 5.96 Å². The number of hydrogen-bond acceptors (Lipinski definition) is 6. The Balaban J connectivity index is 4.66. The number of amides is 3. The third kappa shape index (κ3) is 10.1. The molecule has 0 heterocycles. The number of nitrogens with one attached hydrogen (secondary N) is 3. The van der Waals surface area contributed by atoms with Crippen molar-refractivity contribution >= 4 is 29.7 Å². The van der Waals surface area contributed by atoms with Crippen LogP contribution in [0.3, 0.4) is 0 Å². The molecule has 0 aliphatic carbocycles. The molecule has 3 amide bonds. The summed E-state index contributed by atoms with van der Waals surface area (Å²) >= 11 is 0. The minimum atomic E-state index is -1.20. The van der Waals surface area contributed by atoms with Crippen LogP contribution in [0.5, 0.6) is 0 Å². The van der Waals surface area contributed by atoms with Crippen molar-refractivity contribution in [3.05, 3.63) is 0 Å². The quantitative estimate of drug-likeness (QED) is 0.110. The fraction of sp³-hybridized carbons (Fsp3) is 0.643. The minimum absolute atomic E-state index is 0.0881. The molecule has 0 rings (SSSR count). The van der Waals surface area contributed by atoms with Crippen LogP contribution in [0.25, 0.3) is 0 Å². The molecule has 0 fully saturated rings. The molecule has 12 heteroatoms. The van der Waals surface area contributed by atoms with E-state index >= 15 is 0 Å². The molecule has 0 radical (unpaired) electrons. The predicted octanol–water partition coefficient (Wildman–Crippen LogP) is -3.42. The molecule has 0 bridgehead atoms. The van der Waals surface area contributed by atoms with E-state index in [0.717, 1.165) is 0 Å². The van der Waals surface area contributed by atoms with E-state index in [1.165, 1.54) is 13.8 Å². The Bertz CT molecular complexity index is 546. The SMILES string of the molecule is C[C@H](N)C(=O)N[C@@H](CCCN=C(N)N)C(=O)NCC(=O)N[C@@H](C)C(=O)O. The summed E-state index contributed by atoms with van der Waals surface area (Å²) in [6.45, 7) is 2.58. The zero-order valence-electron chi connectivity index (χ0n) is 14.8. The second-order valence-corrected chi connectivity index (χ2v) is 5.64. The first kappa shape index (κ1) is 23.1. The second kappa shape index (κ2) is 11.6. The molecule has 0 saturated heterocycles. The lowest BCUT2D eigenvalue weighted by atomic mass is 10.1. The van der Waals surface area contributed by atoms with Crippen LogP contribution in [-0.2, 0) is 19.2 Å². The van der Waals surface area contributed by atoms with E-state index in [1.54, 1.807) is 0 Å². The average molecular weight is 373 g/mol. The molecule has 0 aromatic carbocycles. The van der Waals surface area contributed by atoms with E-state index in [-0.39, 0.29) is 18.9 Å². The number of aliphatic imine (C=N–C) groups is 1. The van der Waals surface area contributed by atoms with E-state index in [1.807, 2.05) is 0 Å². The van der Waals surface area contributed by atoms with Crippen LogP contribution in [-0.4, -0.2) is 66.0 Å². The van der Waals surface area contributed by atoms with Crippen LogP contribution in [0.15, 0.2) is 4.99 Å². The van der Waals surface area contributed by atoms with Gasteiger partial charge in [0, 0.05) is 6.54 Å². The summed E-state index contributed by atoms with van der Waals surface area (Å²) < 4.78 is 0. The topological polar surface area (TPSA) is 215 Å². The minimum Gasteiger partial charge on any atom is -0.480 e. The standard InChI is InChI=1S/C14H27N7O5/c1-7(15)11(23)21-9(4-3-5-18-14(16)17)12(24)19-6-10(22)20-8(2)13(25)26/h7-9H,3-6,15H2,1-2H3,(H,19,24)(H,20,22)(H,21,23)(H,25,26)(H4,16,17,18)/t7-,8-,9-/m0/s1. The number of carbonyl (C=O) groups is 4. The molecule has 0 aromatic rings. The summed E-state index contributed by atoms with van der Waals surface area (Å²) in [4.78, 5) is 50.0. The van der Waals surface area contributed by atoms with Crippen molar-refractivity contribution in [1.82, 2.24) is 16.0 Å². The maximum absolute atomic E-state index is 12.2. The van der Waals surface area contributed by atoms with Crippen LogP contribution in [0.1, 0.15) is 26.7 Å². The number of aliphatic carboxylic acids is 1. The number of hydrogen-bond donors (Lipinski definition) is 7. The predicted molar refractivity (Wildman–Crippen MR) is 93.7 cm³/mol. The average Bonchev–Trinajstić information content (AvgIpc) is 2.54. The van der Waals surface area contributed by atoms with Gasteiger partial charge in [0.25, 0.3) is 0 Å². The smallest absolute Gasteiger partial charge is 0.325 e. The zero-order valence-corrected chi connectivity index (χ0v) is 14.8. The van der Waals surface area contributed by atoms with E-state index in [4.69, 9.17) is 22.3 Å². The van der Waals surface area contributed by atoms with E-state index < -0.39 is 48.4 Å². The Morgan fingerprint density at radius 1 is 1.08 bits per heavy atom. The van der Waals surface area contributed by atoms with Crippen molar-refractivity contribution in [1.29, 1.82) is 0 Å². The Morgan fingerprint density at radius 3 is 2.19 bits per heavy atom. The Morgan fingerprint density at radius 2 is 1.69 bits per heavy atom. The van der Waals surface area contributed by atoms with Crippen LogP contribution < -0.4 is 33.2 Å². The largest absolute Gasteiger partial charge is 0.480 e. The van der Waals surface area contributed by atoms with Crippen LogP contribution >= 0.6 is 0 Å². The molecule has 0 spiro atoms. The van der Waals surface area contributed by atoms with E-state index in [9.17, 15) is 19.2 Å². The van der Waals surface area contributed by atoms with Crippen molar-refractivity contribution in [2.24, 2.45) is 22.2 Å². The van der Waals surface area contributed by atoms with Crippen molar-refractivity contribution in [3.8, 4) is 0 Å². The Kier molecular flexibility index (Phi) is 10.3. The van der Waals surface area contributed by atoms with E-state index in [0.29, 0.717) is 6.42 Å². The summed E-state index contributed by atoms with van der Waals surface area (Å²) in [5, 5.41) is 15.7. The van der Waals surface area contributed by atoms with Gasteiger partial charge in [-0.25, -0.2) is 0 Å². The number of carboxylic acids is 1. The van der Waals surface area contributed by atoms with Crippen molar-refractivity contribution in [3.63, 3.8) is 0 Å². The zero-order chi connectivity index (χ0) is 20.3. The summed E-state index contributed by atoms with van der Waals surface area (Å²) in [6.07, 6.45) is 0.617. The maximum Gasteiger partial charge on any atom is 0.325 e. The normalized spacial score (nSPS) is 13.7. The lowest BCUT2D eigenvalue weighted by molar-refractivity contribution is -0.141. The van der Waals surface area contributed by atoms with Gasteiger partial charge in [-0.05, 0) is 26.7 Å². The van der Waals surface area contributed by atoms with Crippen molar-refractivity contribution in [2.75, 3.05) is 13.1 Å². The second-order valence-electron chi connectivity index (χ2n) is 5.64. The third-order valence-corrected chi connectivity index (χ3v) is 3.16. The maximum atomic E-state index is 12.2. The molecule has 0 saturated carbocycles. The van der Waals surface area contributed by atoms with Gasteiger partial charge in [0.05, 0.1) is 12.6 Å². The van der Waals surface area contributed by atoms with E-state index in [2.05, 4.69) is 20.9 Å². The highest BCUT2D eigenvalue weighted by Crippen LogP contribution is 1.99. The molecule has 0 aliphatic heterocycles. The van der Waals surface area contributed by atoms with Gasteiger partial charge in [-0.15, -0.1) is 0 Å². The molecular formula is C14H27N7O5. The lowest BCUT2D eigenvalue weighted by Gasteiger charge is -2.19. The molecule has 148 valence electrons. The van der Waals surface area contributed by atoms with Crippen LogP contribution in [0.4, 0.5) is 0 Å². The number of rotatable bonds is 11. The highest BCUT2D eigenvalue weighted by atomic mass is 16.4. The molecular weight excluding hydrogens is 346 g/mol. The fourth-order valence-corrected chi connectivity index (χ4v) is 1.72. The van der Waals surface area contributed by atoms with Gasteiger partial charge in [0.2, 0.25) is 17.7 Å². The fourth-order valence-electron chi connectivity index (χ4n) is 1.72. The van der Waals surface area contributed by atoms with Crippen LogP contribution in [0.2, 0.25) is 0 Å². The number of nitrogens with zero attached hydrogens (tertiary/aromatic N) is 1. The van der Waals surface area contributed by atoms with Crippen molar-refractivity contribution in [2.45, 2.75) is 44.8 Å². The van der Waals surface area contributed by atoms with Gasteiger partial charge < -0.3 is 38.3 Å². The van der Waals surface area contributed by atoms with Gasteiger partial charge in [-0.3, -0.25) is 24.2 Å². The first-order valence-corrected chi connectivity index (χ1v) is 7.95. The van der Waals surface area contributed by atoms with Gasteiger partial charge in [0.1, 0.15) is 12.1 Å². The number of carbonyl (C=O) groups excluding carboxylic acids is 3. The third-order valence-electron chi connectivity index (χ3n) is 3.16. The Hall–Kier alpha value is -2.89. The molecule has 26 heavy (non-hydrogen) atoms. The number of guanidine groups is 1. The lowest BCUT2D eigenvalue weighted by Crippen LogP contribution is -2.52. The summed E-state index contributed by atoms with van der Waals surface area (Å²) in [7, 11) is 0. The first-order chi connectivity index (χ1) is 12.0. The van der Waals surface area contributed by atoms with Crippen LogP contribution in [0, 0.1) is 0 Å². The first-order valence-electron chi connectivity index (χ1n) is 7.95. The molecule has 0 aromatic heterocycles. The summed E-state index contributed by atoms with van der Waals surface area (Å²) in [6, 6.07) is -2.84. The number of carboxylic acid groups (broad SMARTS) is 1. The van der Waals surface area contributed by atoms with Crippen molar-refractivity contribution < 1.29 is 24.3 Å². The van der Waals surface area contributed by atoms with Gasteiger partial charge in [-0.1, -0.05) is 0 Å². The van der Waals surface area contributed by atoms with Gasteiger partial charge in [-0.2, -0.15) is 0 Å². The molecule has 0 aliphatic rings. The molecule has 0 unspecified atom stereocenters. The highest BCUT2D eigenvalue weighted by molar-refractivity contribution is 5.92. The molecule has 10 N–H and O–H groups in total. The Labute approximate surface area is 150 Å². The van der Waals surface area contributed by atoms with Gasteiger partial charge >= 0.3 is 5.97 Å². The molecule has 3 atom stereocenters. The highest BCUT2D eigenvalue weighted by Gasteiger charge is 2.23. The number of nitrogens with two attached hydrogens (primary N) is 3. The summed E-state index contributed by atoms with van der Waals surface area (Å²) in [5.74, 6) is -3.11. The monoisotopic (exact) mass is 373 g/mol. The molecule has 12 nitrogen and oxygen atoms in total.